The van der Waals surface area contributed by atoms with Crippen LogP contribution < -0.4 is 15.2 Å². The largest absolute Gasteiger partial charge is 0.450 e. The first kappa shape index (κ1) is 18.0. The standard InChI is InChI=1S/C22H14N4O4S/c1-11-23-24-21(31-11)26-19(28)18-16(17(27)12-7-3-6-10-15(12)30-18)22(26)13-8-4-5-9-14(13)25(2)20(22)29/h3-10H,1-2H3. The lowest BCUT2D eigenvalue weighted by molar-refractivity contribution is -0.121. The van der Waals surface area contributed by atoms with Crippen LogP contribution in [0.4, 0.5) is 10.8 Å². The molecule has 31 heavy (non-hydrogen) atoms. The minimum atomic E-state index is -1.70. The SMILES string of the molecule is Cc1nnc(N2C(=O)c3oc4ccccc4c(=O)c3C23C(=O)N(C)c2ccccc23)s1. The molecular weight excluding hydrogens is 416 g/mol. The fourth-order valence-corrected chi connectivity index (χ4v) is 5.33. The van der Waals surface area contributed by atoms with E-state index in [9.17, 15) is 14.4 Å². The second kappa shape index (κ2) is 5.86. The van der Waals surface area contributed by atoms with Crippen molar-refractivity contribution in [3.63, 3.8) is 0 Å². The van der Waals surface area contributed by atoms with Crippen LogP contribution in [0.5, 0.6) is 0 Å². The van der Waals surface area contributed by atoms with Crippen molar-refractivity contribution in [1.82, 2.24) is 10.2 Å². The number of para-hydroxylation sites is 2. The molecule has 4 heterocycles. The lowest BCUT2D eigenvalue weighted by Crippen LogP contribution is -2.53. The van der Waals surface area contributed by atoms with E-state index < -0.39 is 22.8 Å². The van der Waals surface area contributed by atoms with Crippen molar-refractivity contribution in [2.75, 3.05) is 16.8 Å². The topological polar surface area (TPSA) is 96.6 Å². The van der Waals surface area contributed by atoms with E-state index in [1.54, 1.807) is 56.4 Å². The number of likely N-dealkylation sites (N-methyl/N-ethyl adjacent to an activating group) is 1. The second-order valence-electron chi connectivity index (χ2n) is 7.47. The van der Waals surface area contributed by atoms with Crippen molar-refractivity contribution in [2.45, 2.75) is 12.5 Å². The van der Waals surface area contributed by atoms with E-state index >= 15 is 0 Å². The van der Waals surface area contributed by atoms with Crippen LogP contribution in [0.15, 0.2) is 57.7 Å². The summed E-state index contributed by atoms with van der Waals surface area (Å²) in [6.07, 6.45) is 0. The Morgan fingerprint density at radius 2 is 1.74 bits per heavy atom. The van der Waals surface area contributed by atoms with E-state index in [0.717, 1.165) is 0 Å². The number of rotatable bonds is 1. The van der Waals surface area contributed by atoms with Crippen LogP contribution in [0, 0.1) is 6.92 Å². The predicted octanol–water partition coefficient (Wildman–Crippen LogP) is 2.83. The van der Waals surface area contributed by atoms with Gasteiger partial charge in [-0.15, -0.1) is 10.2 Å². The molecule has 2 aliphatic heterocycles. The monoisotopic (exact) mass is 430 g/mol. The van der Waals surface area contributed by atoms with Gasteiger partial charge in [-0.2, -0.15) is 0 Å². The normalized spacial score (nSPS) is 19.5. The van der Waals surface area contributed by atoms with Crippen molar-refractivity contribution in [3.05, 3.63) is 80.6 Å². The molecule has 0 bridgehead atoms. The number of hydrogen-bond acceptors (Lipinski definition) is 7. The molecule has 0 saturated carbocycles. The van der Waals surface area contributed by atoms with Crippen LogP contribution in [0.25, 0.3) is 11.0 Å². The maximum atomic E-state index is 13.9. The summed E-state index contributed by atoms with van der Waals surface area (Å²) in [5.41, 5.74) is -0.652. The lowest BCUT2D eigenvalue weighted by Gasteiger charge is -2.31. The molecule has 1 atom stereocenters. The Morgan fingerprint density at radius 1 is 1.00 bits per heavy atom. The van der Waals surface area contributed by atoms with Gasteiger partial charge >= 0.3 is 0 Å². The summed E-state index contributed by atoms with van der Waals surface area (Å²) in [5.74, 6) is -1.15. The second-order valence-corrected chi connectivity index (χ2v) is 8.63. The van der Waals surface area contributed by atoms with E-state index in [2.05, 4.69) is 10.2 Å². The van der Waals surface area contributed by atoms with Gasteiger partial charge in [0.2, 0.25) is 10.9 Å². The molecule has 0 fully saturated rings. The summed E-state index contributed by atoms with van der Waals surface area (Å²) in [4.78, 5) is 44.0. The summed E-state index contributed by atoms with van der Waals surface area (Å²) in [5, 5.41) is 9.34. The zero-order valence-corrected chi connectivity index (χ0v) is 17.3. The van der Waals surface area contributed by atoms with Gasteiger partial charge in [0.05, 0.1) is 10.9 Å². The zero-order valence-electron chi connectivity index (χ0n) is 16.4. The van der Waals surface area contributed by atoms with E-state index in [1.165, 1.54) is 21.1 Å². The quantitative estimate of drug-likeness (QED) is 0.461. The smallest absolute Gasteiger partial charge is 0.297 e. The molecule has 1 spiro atoms. The van der Waals surface area contributed by atoms with Crippen LogP contribution in [-0.4, -0.2) is 29.1 Å². The number of carbonyl (C=O) groups excluding carboxylic acids is 2. The number of anilines is 2. The number of hydrogen-bond donors (Lipinski definition) is 0. The van der Waals surface area contributed by atoms with Crippen LogP contribution in [0.3, 0.4) is 0 Å². The molecule has 0 aliphatic carbocycles. The number of aromatic nitrogens is 2. The van der Waals surface area contributed by atoms with Gasteiger partial charge in [0.1, 0.15) is 10.6 Å². The minimum Gasteiger partial charge on any atom is -0.450 e. The summed E-state index contributed by atoms with van der Waals surface area (Å²) in [6, 6.07) is 13.8. The molecule has 2 aromatic carbocycles. The molecule has 2 aliphatic rings. The summed E-state index contributed by atoms with van der Waals surface area (Å²) >= 11 is 1.18. The summed E-state index contributed by atoms with van der Waals surface area (Å²) < 4.78 is 5.94. The van der Waals surface area contributed by atoms with Gasteiger partial charge in [-0.1, -0.05) is 41.7 Å². The molecule has 2 amide bonds. The van der Waals surface area contributed by atoms with Gasteiger partial charge in [0.15, 0.2) is 11.0 Å². The van der Waals surface area contributed by atoms with E-state index in [0.29, 0.717) is 21.6 Å². The molecule has 1 unspecified atom stereocenters. The van der Waals surface area contributed by atoms with Crippen molar-refractivity contribution < 1.29 is 14.0 Å². The third-order valence-electron chi connectivity index (χ3n) is 5.87. The lowest BCUT2D eigenvalue weighted by atomic mass is 9.84. The summed E-state index contributed by atoms with van der Waals surface area (Å²) in [7, 11) is 1.63. The van der Waals surface area contributed by atoms with Crippen molar-refractivity contribution in [2.24, 2.45) is 0 Å². The van der Waals surface area contributed by atoms with Crippen LogP contribution in [-0.2, 0) is 10.3 Å². The first-order chi connectivity index (χ1) is 15.0. The van der Waals surface area contributed by atoms with Crippen molar-refractivity contribution in [3.8, 4) is 0 Å². The zero-order chi connectivity index (χ0) is 21.5. The van der Waals surface area contributed by atoms with Gasteiger partial charge in [0.25, 0.3) is 11.8 Å². The summed E-state index contributed by atoms with van der Waals surface area (Å²) in [6.45, 7) is 1.76. The van der Waals surface area contributed by atoms with Crippen LogP contribution >= 0.6 is 11.3 Å². The Hall–Kier alpha value is -3.85. The average Bonchev–Trinajstić information content (AvgIpc) is 3.38. The molecule has 0 saturated heterocycles. The van der Waals surface area contributed by atoms with E-state index in [1.807, 2.05) is 6.07 Å². The van der Waals surface area contributed by atoms with Gasteiger partial charge in [-0.25, -0.2) is 0 Å². The van der Waals surface area contributed by atoms with Gasteiger partial charge < -0.3 is 9.32 Å². The third-order valence-corrected chi connectivity index (χ3v) is 6.69. The number of fused-ring (bicyclic) bond motifs is 5. The fourth-order valence-electron chi connectivity index (χ4n) is 4.59. The molecular formula is C22H14N4O4S. The third kappa shape index (κ3) is 2.01. The average molecular weight is 430 g/mol. The van der Waals surface area contributed by atoms with Crippen molar-refractivity contribution in [1.29, 1.82) is 0 Å². The molecule has 2 aromatic heterocycles. The molecule has 6 rings (SSSR count). The Balaban J connectivity index is 1.82. The maximum absolute atomic E-state index is 13.9. The Bertz CT molecular complexity index is 1510. The first-order valence-corrected chi connectivity index (χ1v) is 10.4. The number of benzene rings is 2. The van der Waals surface area contributed by atoms with Crippen LogP contribution in [0.2, 0.25) is 0 Å². The highest BCUT2D eigenvalue weighted by molar-refractivity contribution is 7.15. The Morgan fingerprint density at radius 3 is 2.52 bits per heavy atom. The Labute approximate surface area is 179 Å². The number of nitrogens with zero attached hydrogens (tertiary/aromatic N) is 4. The van der Waals surface area contributed by atoms with E-state index in [4.69, 9.17) is 4.42 Å². The molecule has 0 N–H and O–H groups in total. The van der Waals surface area contributed by atoms with Crippen molar-refractivity contribution >= 4 is 44.9 Å². The van der Waals surface area contributed by atoms with Gasteiger partial charge in [0, 0.05) is 18.3 Å². The number of aryl methyl sites for hydroxylation is 1. The molecule has 8 nitrogen and oxygen atoms in total. The first-order valence-electron chi connectivity index (χ1n) is 9.55. The van der Waals surface area contributed by atoms with Crippen LogP contribution in [0.1, 0.15) is 26.7 Å². The Kier molecular flexibility index (Phi) is 3.39. The molecule has 152 valence electrons. The van der Waals surface area contributed by atoms with Gasteiger partial charge in [-0.3, -0.25) is 19.3 Å². The highest BCUT2D eigenvalue weighted by Gasteiger charge is 2.65. The number of amides is 2. The predicted molar refractivity (Wildman–Crippen MR) is 115 cm³/mol. The minimum absolute atomic E-state index is 0.0193. The molecule has 0 radical (unpaired) electrons. The molecule has 9 heteroatoms. The molecule has 4 aromatic rings. The number of carbonyl (C=O) groups is 2. The maximum Gasteiger partial charge on any atom is 0.297 e. The highest BCUT2D eigenvalue weighted by atomic mass is 32.1. The van der Waals surface area contributed by atoms with Gasteiger partial charge in [-0.05, 0) is 25.1 Å². The fraction of sp³-hybridized carbons (Fsp3) is 0.136. The van der Waals surface area contributed by atoms with E-state index in [-0.39, 0.29) is 22.0 Å². The highest BCUT2D eigenvalue weighted by Crippen LogP contribution is 2.53.